The Labute approximate surface area is 187 Å². The molecule has 4 rings (SSSR count). The number of rotatable bonds is 6. The lowest BCUT2D eigenvalue weighted by Gasteiger charge is -2.32. The Kier molecular flexibility index (Phi) is 6.60. The van der Waals surface area contributed by atoms with E-state index in [0.717, 1.165) is 28.6 Å². The molecule has 0 atom stereocenters. The number of benzene rings is 2. The lowest BCUT2D eigenvalue weighted by molar-refractivity contribution is 0.0687. The molecule has 1 aromatic heterocycles. The Hall–Kier alpha value is -2.42. The van der Waals surface area contributed by atoms with Gasteiger partial charge < -0.3 is 4.90 Å². The van der Waals surface area contributed by atoms with Gasteiger partial charge in [-0.05, 0) is 60.1 Å². The van der Waals surface area contributed by atoms with Gasteiger partial charge in [-0.3, -0.25) is 4.79 Å². The standard InChI is InChI=1S/C23H25N3O3S2/c1-30-22-21(7-4-12-24-22)23(27)26-13-10-17(11-14-26)16-25-31(28,29)20-9-8-18-5-2-3-6-19(18)15-20/h2-9,12,15,17,25H,10-11,13-14,16H2,1H3. The van der Waals surface area contributed by atoms with Gasteiger partial charge >= 0.3 is 0 Å². The van der Waals surface area contributed by atoms with Gasteiger partial charge in [-0.15, -0.1) is 11.8 Å². The largest absolute Gasteiger partial charge is 0.339 e. The Balaban J connectivity index is 1.35. The van der Waals surface area contributed by atoms with Gasteiger partial charge in [0.1, 0.15) is 5.03 Å². The van der Waals surface area contributed by atoms with E-state index in [4.69, 9.17) is 0 Å². The van der Waals surface area contributed by atoms with Crippen LogP contribution in [0.15, 0.2) is 70.7 Å². The van der Waals surface area contributed by atoms with Crippen LogP contribution < -0.4 is 4.72 Å². The molecule has 0 radical (unpaired) electrons. The first kappa shape index (κ1) is 21.8. The quantitative estimate of drug-likeness (QED) is 0.572. The second-order valence-corrected chi connectivity index (χ2v) is 10.2. The highest BCUT2D eigenvalue weighted by Gasteiger charge is 2.26. The van der Waals surface area contributed by atoms with Crippen LogP contribution in [0.2, 0.25) is 0 Å². The minimum atomic E-state index is -3.57. The summed E-state index contributed by atoms with van der Waals surface area (Å²) in [5, 5.41) is 2.65. The number of amides is 1. The number of aromatic nitrogens is 1. The average molecular weight is 456 g/mol. The topological polar surface area (TPSA) is 79.4 Å². The van der Waals surface area contributed by atoms with Crippen LogP contribution in [0.1, 0.15) is 23.2 Å². The highest BCUT2D eigenvalue weighted by atomic mass is 32.2. The van der Waals surface area contributed by atoms with Gasteiger partial charge in [0.2, 0.25) is 10.0 Å². The second-order valence-electron chi connectivity index (χ2n) is 7.66. The maximum absolute atomic E-state index is 12.9. The Morgan fingerprint density at radius 3 is 2.58 bits per heavy atom. The van der Waals surface area contributed by atoms with Crippen LogP contribution in [0.3, 0.4) is 0 Å². The van der Waals surface area contributed by atoms with Gasteiger partial charge in [0.25, 0.3) is 5.91 Å². The number of likely N-dealkylation sites (tertiary alicyclic amines) is 1. The number of nitrogens with one attached hydrogen (secondary N) is 1. The molecule has 1 amide bonds. The van der Waals surface area contributed by atoms with Crippen molar-refractivity contribution in [2.75, 3.05) is 25.9 Å². The van der Waals surface area contributed by atoms with E-state index in [9.17, 15) is 13.2 Å². The van der Waals surface area contributed by atoms with Crippen molar-refractivity contribution in [2.45, 2.75) is 22.8 Å². The Morgan fingerprint density at radius 1 is 1.10 bits per heavy atom. The fourth-order valence-corrected chi connectivity index (χ4v) is 5.56. The predicted molar refractivity (Wildman–Crippen MR) is 124 cm³/mol. The molecule has 1 aliphatic heterocycles. The van der Waals surface area contributed by atoms with Crippen molar-refractivity contribution in [3.63, 3.8) is 0 Å². The number of nitrogens with zero attached hydrogens (tertiary/aromatic N) is 2. The van der Waals surface area contributed by atoms with E-state index >= 15 is 0 Å². The molecule has 1 saturated heterocycles. The molecule has 1 N–H and O–H groups in total. The summed E-state index contributed by atoms with van der Waals surface area (Å²) in [6, 6.07) is 16.5. The van der Waals surface area contributed by atoms with Gasteiger partial charge in [-0.25, -0.2) is 18.1 Å². The predicted octanol–water partition coefficient (Wildman–Crippen LogP) is 3.79. The van der Waals surface area contributed by atoms with Gasteiger partial charge in [-0.2, -0.15) is 0 Å². The molecular formula is C23H25N3O3S2. The highest BCUT2D eigenvalue weighted by Crippen LogP contribution is 2.24. The van der Waals surface area contributed by atoms with Crippen LogP contribution >= 0.6 is 11.8 Å². The summed E-state index contributed by atoms with van der Waals surface area (Å²) in [7, 11) is -3.57. The molecule has 8 heteroatoms. The average Bonchev–Trinajstić information content (AvgIpc) is 2.82. The number of hydrogen-bond acceptors (Lipinski definition) is 5. The number of pyridine rings is 1. The van der Waals surface area contributed by atoms with Crippen LogP contribution in [-0.2, 0) is 10.0 Å². The van der Waals surface area contributed by atoms with Crippen LogP contribution in [0, 0.1) is 5.92 Å². The molecule has 0 spiro atoms. The van der Waals surface area contributed by atoms with E-state index in [1.165, 1.54) is 11.8 Å². The van der Waals surface area contributed by atoms with E-state index in [1.807, 2.05) is 47.6 Å². The monoisotopic (exact) mass is 455 g/mol. The van der Waals surface area contributed by atoms with Crippen molar-refractivity contribution in [3.8, 4) is 0 Å². The van der Waals surface area contributed by atoms with Crippen molar-refractivity contribution in [2.24, 2.45) is 5.92 Å². The van der Waals surface area contributed by atoms with E-state index in [0.29, 0.717) is 25.2 Å². The molecule has 0 saturated carbocycles. The number of carbonyl (C=O) groups is 1. The number of hydrogen-bond donors (Lipinski definition) is 1. The molecule has 2 heterocycles. The Bertz CT molecular complexity index is 1190. The molecular weight excluding hydrogens is 430 g/mol. The van der Waals surface area contributed by atoms with E-state index in [-0.39, 0.29) is 16.7 Å². The van der Waals surface area contributed by atoms with Crippen molar-refractivity contribution < 1.29 is 13.2 Å². The lowest BCUT2D eigenvalue weighted by atomic mass is 9.97. The first-order valence-corrected chi connectivity index (χ1v) is 13.0. The Morgan fingerprint density at radius 2 is 1.84 bits per heavy atom. The van der Waals surface area contributed by atoms with Crippen LogP contribution in [0.25, 0.3) is 10.8 Å². The molecule has 3 aromatic rings. The summed E-state index contributed by atoms with van der Waals surface area (Å²) in [5.41, 5.74) is 0.630. The molecule has 1 fully saturated rings. The number of carbonyl (C=O) groups excluding carboxylic acids is 1. The second kappa shape index (κ2) is 9.38. The normalized spacial score (nSPS) is 15.3. The first-order chi connectivity index (χ1) is 15.0. The SMILES string of the molecule is CSc1ncccc1C(=O)N1CCC(CNS(=O)(=O)c2ccc3ccccc3c2)CC1. The zero-order chi connectivity index (χ0) is 21.8. The van der Waals surface area contributed by atoms with E-state index in [2.05, 4.69) is 9.71 Å². The van der Waals surface area contributed by atoms with Crippen molar-refractivity contribution in [1.82, 2.24) is 14.6 Å². The first-order valence-electron chi connectivity index (χ1n) is 10.2. The number of fused-ring (bicyclic) bond motifs is 1. The zero-order valence-electron chi connectivity index (χ0n) is 17.3. The van der Waals surface area contributed by atoms with Crippen LogP contribution in [0.5, 0.6) is 0 Å². The van der Waals surface area contributed by atoms with Crippen LogP contribution in [0.4, 0.5) is 0 Å². The number of piperidine rings is 1. The minimum absolute atomic E-state index is 0.00681. The molecule has 31 heavy (non-hydrogen) atoms. The summed E-state index contributed by atoms with van der Waals surface area (Å²) in [6.07, 6.45) is 5.13. The minimum Gasteiger partial charge on any atom is -0.339 e. The smallest absolute Gasteiger partial charge is 0.256 e. The summed E-state index contributed by atoms with van der Waals surface area (Å²) < 4.78 is 28.3. The zero-order valence-corrected chi connectivity index (χ0v) is 19.0. The number of thioether (sulfide) groups is 1. The molecule has 1 aliphatic rings. The van der Waals surface area contributed by atoms with Crippen molar-refractivity contribution >= 4 is 38.5 Å². The third-order valence-electron chi connectivity index (χ3n) is 5.69. The highest BCUT2D eigenvalue weighted by molar-refractivity contribution is 7.98. The van der Waals surface area contributed by atoms with Crippen LogP contribution in [-0.4, -0.2) is 50.1 Å². The summed E-state index contributed by atoms with van der Waals surface area (Å²) >= 11 is 1.46. The van der Waals surface area contributed by atoms with E-state index < -0.39 is 10.0 Å². The van der Waals surface area contributed by atoms with Gasteiger partial charge in [0, 0.05) is 25.8 Å². The fourth-order valence-electron chi connectivity index (χ4n) is 3.87. The summed E-state index contributed by atoms with van der Waals surface area (Å²) in [5.74, 6) is 0.195. The summed E-state index contributed by atoms with van der Waals surface area (Å²) in [4.78, 5) is 19.2. The molecule has 0 aliphatic carbocycles. The maximum Gasteiger partial charge on any atom is 0.256 e. The molecule has 0 unspecified atom stereocenters. The summed E-state index contributed by atoms with van der Waals surface area (Å²) in [6.45, 7) is 1.61. The maximum atomic E-state index is 12.9. The van der Waals surface area contributed by atoms with Gasteiger partial charge in [0.15, 0.2) is 0 Å². The third-order valence-corrected chi connectivity index (χ3v) is 7.82. The van der Waals surface area contributed by atoms with Crippen molar-refractivity contribution in [3.05, 3.63) is 66.4 Å². The molecule has 0 bridgehead atoms. The lowest BCUT2D eigenvalue weighted by Crippen LogP contribution is -2.41. The van der Waals surface area contributed by atoms with E-state index in [1.54, 1.807) is 24.4 Å². The number of sulfonamides is 1. The van der Waals surface area contributed by atoms with Gasteiger partial charge in [-0.1, -0.05) is 30.3 Å². The molecule has 6 nitrogen and oxygen atoms in total. The third kappa shape index (κ3) is 4.92. The fraction of sp³-hybridized carbons (Fsp3) is 0.304. The van der Waals surface area contributed by atoms with Gasteiger partial charge in [0.05, 0.1) is 10.5 Å². The molecule has 2 aromatic carbocycles. The van der Waals surface area contributed by atoms with Crippen molar-refractivity contribution in [1.29, 1.82) is 0 Å². The molecule has 162 valence electrons.